The molecule has 1 aliphatic heterocycles. The molecule has 21 heavy (non-hydrogen) atoms. The Hall–Kier alpha value is -0.370. The molecule has 0 aliphatic carbocycles. The second-order valence-electron chi connectivity index (χ2n) is 5.03. The van der Waals surface area contributed by atoms with Crippen LogP contribution in [-0.2, 0) is 0 Å². The Bertz CT molecular complexity index is 451. The fraction of sp³-hybridized carbons (Fsp3) is 0.571. The summed E-state index contributed by atoms with van der Waals surface area (Å²) in [5.41, 5.74) is 2.65. The number of rotatable bonds is 4. The van der Waals surface area contributed by atoms with Gasteiger partial charge < -0.3 is 5.73 Å². The molecule has 0 radical (unpaired) electrons. The summed E-state index contributed by atoms with van der Waals surface area (Å²) in [6.07, 6.45) is 0. The highest BCUT2D eigenvalue weighted by molar-refractivity contribution is 8.00. The third-order valence-corrected chi connectivity index (χ3v) is 5.47. The highest BCUT2D eigenvalue weighted by Gasteiger charge is 2.30. The van der Waals surface area contributed by atoms with Crippen LogP contribution in [0.2, 0.25) is 0 Å². The van der Waals surface area contributed by atoms with Crippen LogP contribution in [-0.4, -0.2) is 41.0 Å². The normalized spacial score (nSPS) is 22.2. The fourth-order valence-corrected chi connectivity index (χ4v) is 4.14. The largest absolute Gasteiger partial charge is 0.446 e. The lowest BCUT2D eigenvalue weighted by atomic mass is 10.0. The van der Waals surface area contributed by atoms with Crippen molar-refractivity contribution in [1.29, 1.82) is 0 Å². The SMILES string of the molecule is CC1CSCCN1C(CN)c1ccc(SC(F)(F)F)cc1. The molecule has 2 atom stereocenters. The van der Waals surface area contributed by atoms with E-state index in [2.05, 4.69) is 11.8 Å². The van der Waals surface area contributed by atoms with Crippen LogP contribution in [0, 0.1) is 0 Å². The Morgan fingerprint density at radius 3 is 2.57 bits per heavy atom. The number of alkyl halides is 3. The molecule has 0 saturated carbocycles. The Balaban J connectivity index is 2.11. The van der Waals surface area contributed by atoms with Crippen molar-refractivity contribution in [3.63, 3.8) is 0 Å². The van der Waals surface area contributed by atoms with Crippen molar-refractivity contribution in [1.82, 2.24) is 4.90 Å². The molecule has 0 bridgehead atoms. The molecule has 1 aliphatic rings. The highest BCUT2D eigenvalue weighted by atomic mass is 32.2. The Kier molecular flexibility index (Phi) is 5.88. The van der Waals surface area contributed by atoms with Crippen molar-refractivity contribution in [3.05, 3.63) is 29.8 Å². The summed E-state index contributed by atoms with van der Waals surface area (Å²) in [4.78, 5) is 2.56. The van der Waals surface area contributed by atoms with Gasteiger partial charge in [-0.05, 0) is 36.4 Å². The van der Waals surface area contributed by atoms with Gasteiger partial charge in [-0.25, -0.2) is 0 Å². The summed E-state index contributed by atoms with van der Waals surface area (Å²) in [6, 6.07) is 7.09. The van der Waals surface area contributed by atoms with Gasteiger partial charge in [0.2, 0.25) is 0 Å². The first-order chi connectivity index (χ1) is 9.90. The summed E-state index contributed by atoms with van der Waals surface area (Å²) in [5.74, 6) is 2.14. The van der Waals surface area contributed by atoms with Gasteiger partial charge in [0, 0.05) is 41.6 Å². The average molecular weight is 336 g/mol. The number of thioether (sulfide) groups is 2. The van der Waals surface area contributed by atoms with Crippen molar-refractivity contribution < 1.29 is 13.2 Å². The predicted octanol–water partition coefficient (Wildman–Crippen LogP) is 3.74. The molecule has 1 saturated heterocycles. The summed E-state index contributed by atoms with van der Waals surface area (Å²) in [6.45, 7) is 3.61. The summed E-state index contributed by atoms with van der Waals surface area (Å²) < 4.78 is 37.0. The molecule has 2 rings (SSSR count). The van der Waals surface area contributed by atoms with Crippen LogP contribution in [0.1, 0.15) is 18.5 Å². The van der Waals surface area contributed by atoms with E-state index >= 15 is 0 Å². The van der Waals surface area contributed by atoms with E-state index in [1.54, 1.807) is 12.1 Å². The molecule has 1 heterocycles. The molecule has 7 heteroatoms. The second-order valence-corrected chi connectivity index (χ2v) is 7.32. The van der Waals surface area contributed by atoms with E-state index in [1.165, 1.54) is 12.1 Å². The van der Waals surface area contributed by atoms with Crippen LogP contribution in [0.3, 0.4) is 0 Å². The van der Waals surface area contributed by atoms with E-state index in [0.717, 1.165) is 23.6 Å². The number of hydrogen-bond donors (Lipinski definition) is 1. The van der Waals surface area contributed by atoms with Crippen molar-refractivity contribution in [2.45, 2.75) is 29.4 Å². The maximum absolute atomic E-state index is 12.3. The maximum atomic E-state index is 12.3. The first-order valence-corrected chi connectivity index (χ1v) is 8.77. The van der Waals surface area contributed by atoms with Gasteiger partial charge in [0.05, 0.1) is 0 Å². The summed E-state index contributed by atoms with van der Waals surface area (Å²) in [7, 11) is 0. The quantitative estimate of drug-likeness (QED) is 0.848. The van der Waals surface area contributed by atoms with Gasteiger partial charge in [0.25, 0.3) is 0 Å². The molecular weight excluding hydrogens is 317 g/mol. The highest BCUT2D eigenvalue weighted by Crippen LogP contribution is 2.37. The minimum absolute atomic E-state index is 0.0748. The molecule has 118 valence electrons. The summed E-state index contributed by atoms with van der Waals surface area (Å²) in [5, 5.41) is 0. The number of halogens is 3. The van der Waals surface area contributed by atoms with Crippen LogP contribution in [0.4, 0.5) is 13.2 Å². The van der Waals surface area contributed by atoms with Gasteiger partial charge in [-0.3, -0.25) is 4.90 Å². The third-order valence-electron chi connectivity index (χ3n) is 3.54. The fourth-order valence-electron chi connectivity index (χ4n) is 2.56. The van der Waals surface area contributed by atoms with Gasteiger partial charge in [-0.2, -0.15) is 24.9 Å². The van der Waals surface area contributed by atoms with Crippen LogP contribution in [0.25, 0.3) is 0 Å². The Labute approximate surface area is 131 Å². The monoisotopic (exact) mass is 336 g/mol. The number of benzene rings is 1. The smallest absolute Gasteiger partial charge is 0.329 e. The van der Waals surface area contributed by atoms with Crippen LogP contribution < -0.4 is 5.73 Å². The van der Waals surface area contributed by atoms with Crippen LogP contribution in [0.15, 0.2) is 29.2 Å². The molecule has 1 fully saturated rings. The van der Waals surface area contributed by atoms with Gasteiger partial charge in [0.15, 0.2) is 0 Å². The zero-order valence-electron chi connectivity index (χ0n) is 11.8. The standard InChI is InChI=1S/C14H19F3N2S2/c1-10-9-20-7-6-19(10)13(8-18)11-2-4-12(5-3-11)21-14(15,16)17/h2-5,10,13H,6-9,18H2,1H3. The maximum Gasteiger partial charge on any atom is 0.446 e. The Morgan fingerprint density at radius 2 is 2.05 bits per heavy atom. The Morgan fingerprint density at radius 1 is 1.38 bits per heavy atom. The molecular formula is C14H19F3N2S2. The average Bonchev–Trinajstić information content (AvgIpc) is 2.42. The van der Waals surface area contributed by atoms with Crippen LogP contribution >= 0.6 is 23.5 Å². The molecule has 2 unspecified atom stereocenters. The lowest BCUT2D eigenvalue weighted by Crippen LogP contribution is -2.45. The van der Waals surface area contributed by atoms with Crippen LogP contribution in [0.5, 0.6) is 0 Å². The molecule has 1 aromatic carbocycles. The minimum Gasteiger partial charge on any atom is -0.329 e. The molecule has 0 amide bonds. The van der Waals surface area contributed by atoms with Gasteiger partial charge >= 0.3 is 5.51 Å². The number of nitrogens with two attached hydrogens (primary N) is 1. The van der Waals surface area contributed by atoms with Crippen molar-refractivity contribution >= 4 is 23.5 Å². The second kappa shape index (κ2) is 7.26. The van der Waals surface area contributed by atoms with Crippen molar-refractivity contribution in [2.24, 2.45) is 5.73 Å². The summed E-state index contributed by atoms with van der Waals surface area (Å²) >= 11 is 1.84. The topological polar surface area (TPSA) is 29.3 Å². The lowest BCUT2D eigenvalue weighted by Gasteiger charge is -2.39. The lowest BCUT2D eigenvalue weighted by molar-refractivity contribution is -0.0328. The molecule has 2 N–H and O–H groups in total. The van der Waals surface area contributed by atoms with E-state index in [9.17, 15) is 13.2 Å². The number of nitrogens with zero attached hydrogens (tertiary/aromatic N) is 1. The van der Waals surface area contributed by atoms with E-state index in [-0.39, 0.29) is 22.7 Å². The van der Waals surface area contributed by atoms with Crippen molar-refractivity contribution in [3.8, 4) is 0 Å². The van der Waals surface area contributed by atoms with Gasteiger partial charge in [-0.15, -0.1) is 0 Å². The minimum atomic E-state index is -4.24. The van der Waals surface area contributed by atoms with E-state index in [0.29, 0.717) is 12.6 Å². The first-order valence-electron chi connectivity index (χ1n) is 6.80. The van der Waals surface area contributed by atoms with Crippen molar-refractivity contribution in [2.75, 3.05) is 24.6 Å². The molecule has 2 nitrogen and oxygen atoms in total. The first kappa shape index (κ1) is 17.0. The van der Waals surface area contributed by atoms with E-state index in [1.807, 2.05) is 11.8 Å². The van der Waals surface area contributed by atoms with Gasteiger partial charge in [-0.1, -0.05) is 12.1 Å². The predicted molar refractivity (Wildman–Crippen MR) is 83.6 cm³/mol. The van der Waals surface area contributed by atoms with E-state index < -0.39 is 5.51 Å². The molecule has 1 aromatic rings. The van der Waals surface area contributed by atoms with E-state index in [4.69, 9.17) is 5.73 Å². The number of hydrogen-bond acceptors (Lipinski definition) is 4. The zero-order chi connectivity index (χ0) is 15.5. The van der Waals surface area contributed by atoms with Gasteiger partial charge in [0.1, 0.15) is 0 Å². The third kappa shape index (κ3) is 4.81. The molecule has 0 spiro atoms. The zero-order valence-corrected chi connectivity index (χ0v) is 13.4. The molecule has 0 aromatic heterocycles.